The number of benzene rings is 2. The Bertz CT molecular complexity index is 1410. The summed E-state index contributed by atoms with van der Waals surface area (Å²) in [5.41, 5.74) is 0.529. The van der Waals surface area contributed by atoms with Gasteiger partial charge in [0.1, 0.15) is 11.6 Å². The third-order valence-electron chi connectivity index (χ3n) is 6.41. The molecule has 0 saturated carbocycles. The lowest BCUT2D eigenvalue weighted by Crippen LogP contribution is -2.50. The molecule has 41 heavy (non-hydrogen) atoms. The predicted molar refractivity (Wildman–Crippen MR) is 156 cm³/mol. The number of carbonyl (C=O) groups is 2. The second kappa shape index (κ2) is 13.1. The lowest BCUT2D eigenvalue weighted by Gasteiger charge is -2.27. The van der Waals surface area contributed by atoms with Gasteiger partial charge in [-0.2, -0.15) is 4.72 Å². The lowest BCUT2D eigenvalue weighted by molar-refractivity contribution is -0.156. The molecule has 1 aliphatic heterocycles. The summed E-state index contributed by atoms with van der Waals surface area (Å²) >= 11 is 0. The summed E-state index contributed by atoms with van der Waals surface area (Å²) in [6.45, 7) is 6.35. The van der Waals surface area contributed by atoms with Crippen molar-refractivity contribution in [3.8, 4) is 0 Å². The van der Waals surface area contributed by atoms with Gasteiger partial charge in [0.25, 0.3) is 5.91 Å². The number of hydrogen-bond donors (Lipinski definition) is 3. The van der Waals surface area contributed by atoms with Crippen LogP contribution in [0.5, 0.6) is 0 Å². The van der Waals surface area contributed by atoms with Gasteiger partial charge in [0, 0.05) is 49.3 Å². The first-order valence-corrected chi connectivity index (χ1v) is 15.0. The first-order valence-electron chi connectivity index (χ1n) is 13.5. The minimum atomic E-state index is -4.04. The number of nitrogens with zero attached hydrogens (tertiary/aromatic N) is 3. The van der Waals surface area contributed by atoms with E-state index in [9.17, 15) is 18.0 Å². The number of anilines is 2. The largest absolute Gasteiger partial charge is 0.459 e. The summed E-state index contributed by atoms with van der Waals surface area (Å²) in [4.78, 5) is 36.5. The van der Waals surface area contributed by atoms with Gasteiger partial charge in [-0.15, -0.1) is 0 Å². The minimum absolute atomic E-state index is 0.00202. The van der Waals surface area contributed by atoms with Crippen molar-refractivity contribution in [1.82, 2.24) is 20.0 Å². The van der Waals surface area contributed by atoms with Crippen molar-refractivity contribution in [2.75, 3.05) is 29.9 Å². The van der Waals surface area contributed by atoms with Crippen LogP contribution in [0.1, 0.15) is 44.0 Å². The maximum Gasteiger partial charge on any atom is 0.326 e. The number of rotatable bonds is 11. The van der Waals surface area contributed by atoms with Crippen LogP contribution < -0.4 is 20.3 Å². The smallest absolute Gasteiger partial charge is 0.326 e. The fraction of sp³-hybridized carbons (Fsp3) is 0.379. The quantitative estimate of drug-likeness (QED) is 0.292. The van der Waals surface area contributed by atoms with Crippen LogP contribution in [-0.2, 0) is 19.6 Å². The third kappa shape index (κ3) is 8.48. The average molecular weight is 581 g/mol. The van der Waals surface area contributed by atoms with Crippen LogP contribution in [0.15, 0.2) is 78.0 Å². The lowest BCUT2D eigenvalue weighted by atomic mass is 10.1. The molecule has 1 aromatic heterocycles. The number of aromatic nitrogens is 2. The van der Waals surface area contributed by atoms with E-state index < -0.39 is 33.5 Å². The molecular weight excluding hydrogens is 544 g/mol. The SMILES string of the molecule is CC(C)(C)OC(=O)[C@H](CNC(=O)c1ccc(N2CCCC2CNc2ncccn2)cc1)NS(=O)(=O)c1ccccc1. The molecule has 218 valence electrons. The highest BCUT2D eigenvalue weighted by Gasteiger charge is 2.30. The van der Waals surface area contributed by atoms with Crippen LogP contribution in [0.25, 0.3) is 0 Å². The molecule has 3 N–H and O–H groups in total. The van der Waals surface area contributed by atoms with E-state index in [2.05, 4.69) is 30.2 Å². The molecule has 2 aromatic carbocycles. The summed E-state index contributed by atoms with van der Waals surface area (Å²) < 4.78 is 33.6. The molecule has 1 aliphatic rings. The molecule has 2 heterocycles. The van der Waals surface area contributed by atoms with E-state index in [-0.39, 0.29) is 17.5 Å². The molecule has 4 rings (SSSR count). The Morgan fingerprint density at radius 1 is 1.02 bits per heavy atom. The van der Waals surface area contributed by atoms with Crippen molar-refractivity contribution in [2.45, 2.75) is 56.2 Å². The van der Waals surface area contributed by atoms with Gasteiger partial charge in [-0.1, -0.05) is 18.2 Å². The molecule has 1 saturated heterocycles. The summed E-state index contributed by atoms with van der Waals surface area (Å²) in [6.07, 6.45) is 5.46. The highest BCUT2D eigenvalue weighted by molar-refractivity contribution is 7.89. The summed E-state index contributed by atoms with van der Waals surface area (Å²) in [7, 11) is -4.04. The molecule has 0 aliphatic carbocycles. The molecule has 1 amide bonds. The number of hydrogen-bond acceptors (Lipinski definition) is 9. The van der Waals surface area contributed by atoms with Gasteiger partial charge in [-0.3, -0.25) is 9.59 Å². The summed E-state index contributed by atoms with van der Waals surface area (Å²) in [5, 5.41) is 5.95. The summed E-state index contributed by atoms with van der Waals surface area (Å²) in [5.74, 6) is -0.644. The minimum Gasteiger partial charge on any atom is -0.459 e. The van der Waals surface area contributed by atoms with Crippen molar-refractivity contribution in [3.05, 3.63) is 78.6 Å². The van der Waals surface area contributed by atoms with Crippen LogP contribution in [0, 0.1) is 0 Å². The van der Waals surface area contributed by atoms with E-state index >= 15 is 0 Å². The Labute approximate surface area is 240 Å². The van der Waals surface area contributed by atoms with Crippen LogP contribution >= 0.6 is 0 Å². The zero-order valence-corrected chi connectivity index (χ0v) is 24.2. The van der Waals surface area contributed by atoms with Gasteiger partial charge in [-0.25, -0.2) is 18.4 Å². The molecule has 3 aromatic rings. The zero-order valence-electron chi connectivity index (χ0n) is 23.4. The second-order valence-electron chi connectivity index (χ2n) is 10.7. The molecule has 11 nitrogen and oxygen atoms in total. The molecule has 12 heteroatoms. The van der Waals surface area contributed by atoms with Crippen molar-refractivity contribution in [1.29, 1.82) is 0 Å². The van der Waals surface area contributed by atoms with E-state index in [1.165, 1.54) is 12.1 Å². The fourth-order valence-electron chi connectivity index (χ4n) is 4.49. The van der Waals surface area contributed by atoms with Crippen LogP contribution in [0.2, 0.25) is 0 Å². The van der Waals surface area contributed by atoms with Gasteiger partial charge in [0.2, 0.25) is 16.0 Å². The van der Waals surface area contributed by atoms with Crippen molar-refractivity contribution in [3.63, 3.8) is 0 Å². The zero-order chi connectivity index (χ0) is 29.5. The highest BCUT2D eigenvalue weighted by atomic mass is 32.2. The Kier molecular flexibility index (Phi) is 9.56. The number of nitrogens with one attached hydrogen (secondary N) is 3. The number of amides is 1. The van der Waals surface area contributed by atoms with E-state index in [1.54, 1.807) is 69.6 Å². The van der Waals surface area contributed by atoms with Crippen molar-refractivity contribution in [2.24, 2.45) is 0 Å². The monoisotopic (exact) mass is 580 g/mol. The Balaban J connectivity index is 1.39. The second-order valence-corrected chi connectivity index (χ2v) is 12.4. The molecule has 1 unspecified atom stereocenters. The first-order chi connectivity index (χ1) is 19.5. The number of carbonyl (C=O) groups excluding carboxylic acids is 2. The molecule has 2 atom stereocenters. The molecule has 0 spiro atoms. The van der Waals surface area contributed by atoms with Gasteiger partial charge in [0.15, 0.2) is 0 Å². The first kappa shape index (κ1) is 29.9. The maximum atomic E-state index is 13.0. The molecular formula is C29H36N6O5S. The maximum absolute atomic E-state index is 13.0. The molecule has 1 fully saturated rings. The van der Waals surface area contributed by atoms with E-state index in [0.29, 0.717) is 18.1 Å². The Hall–Kier alpha value is -4.03. The Morgan fingerprint density at radius 3 is 2.37 bits per heavy atom. The van der Waals surface area contributed by atoms with Gasteiger partial charge in [-0.05, 0) is 76.1 Å². The standard InChI is InChI=1S/C29H36N6O5S/c1-29(2,3)40-27(37)25(34-41(38,39)24-10-5-4-6-11-24)20-32-26(36)21-12-14-22(15-13-21)35-18-7-9-23(35)19-33-28-30-16-8-17-31-28/h4-6,8,10-17,23,25,34H,7,9,18-20H2,1-3H3,(H,32,36)(H,30,31,33)/t23?,25-/m0/s1. The van der Waals surface area contributed by atoms with Crippen molar-refractivity contribution >= 4 is 33.5 Å². The predicted octanol–water partition coefficient (Wildman–Crippen LogP) is 2.98. The molecule has 0 radical (unpaired) electrons. The Morgan fingerprint density at radius 2 is 1.71 bits per heavy atom. The summed E-state index contributed by atoms with van der Waals surface area (Å²) in [6, 6.07) is 15.6. The van der Waals surface area contributed by atoms with E-state index in [1.807, 2.05) is 12.1 Å². The third-order valence-corrected chi connectivity index (χ3v) is 7.90. The van der Waals surface area contributed by atoms with Gasteiger partial charge < -0.3 is 20.3 Å². The van der Waals surface area contributed by atoms with Crippen molar-refractivity contribution < 1.29 is 22.7 Å². The average Bonchev–Trinajstić information content (AvgIpc) is 3.43. The number of esters is 1. The highest BCUT2D eigenvalue weighted by Crippen LogP contribution is 2.26. The van der Waals surface area contributed by atoms with Crippen LogP contribution in [0.3, 0.4) is 0 Å². The van der Waals surface area contributed by atoms with E-state index in [4.69, 9.17) is 4.74 Å². The van der Waals surface area contributed by atoms with E-state index in [0.717, 1.165) is 25.1 Å². The normalized spacial score (nSPS) is 16.2. The number of sulfonamides is 1. The topological polar surface area (TPSA) is 143 Å². The van der Waals surface area contributed by atoms with Crippen LogP contribution in [0.4, 0.5) is 11.6 Å². The molecule has 0 bridgehead atoms. The fourth-order valence-corrected chi connectivity index (χ4v) is 5.70. The van der Waals surface area contributed by atoms with Crippen LogP contribution in [-0.4, -0.2) is 67.6 Å². The number of ether oxygens (including phenoxy) is 1. The van der Waals surface area contributed by atoms with Gasteiger partial charge in [0.05, 0.1) is 4.90 Å². The van der Waals surface area contributed by atoms with Gasteiger partial charge >= 0.3 is 5.97 Å².